The zero-order valence-electron chi connectivity index (χ0n) is 11.4. The van der Waals surface area contributed by atoms with E-state index in [1.54, 1.807) is 24.4 Å². The largest absolute Gasteiger partial charge is 2.00 e. The molecule has 0 unspecified atom stereocenters. The maximum atomic E-state index is 9.61. The molecular weight excluding hydrogens is 316 g/mol. The van der Waals surface area contributed by atoms with E-state index in [9.17, 15) is 5.11 Å². The number of aromatic nitrogens is 1. The Kier molecular flexibility index (Phi) is 5.01. The Balaban J connectivity index is 0.00000161. The van der Waals surface area contributed by atoms with E-state index in [1.807, 2.05) is 42.5 Å². The van der Waals surface area contributed by atoms with Crippen LogP contribution in [-0.4, -0.2) is 16.3 Å². The first-order chi connectivity index (χ1) is 9.83. The van der Waals surface area contributed by atoms with E-state index in [0.717, 1.165) is 10.9 Å². The molecule has 0 aliphatic rings. The molecule has 0 fully saturated rings. The van der Waals surface area contributed by atoms with Crippen molar-refractivity contribution in [1.29, 1.82) is 0 Å². The number of anilines is 1. The molecule has 0 saturated carbocycles. The van der Waals surface area contributed by atoms with Crippen molar-refractivity contribution in [3.05, 3.63) is 66.2 Å². The van der Waals surface area contributed by atoms with Crippen LogP contribution >= 0.6 is 0 Å². The van der Waals surface area contributed by atoms with E-state index in [-0.39, 0.29) is 25.2 Å². The van der Waals surface area contributed by atoms with Gasteiger partial charge < -0.3 is 5.11 Å². The molecule has 3 aromatic rings. The van der Waals surface area contributed by atoms with Crippen molar-refractivity contribution >= 4 is 22.9 Å². The van der Waals surface area contributed by atoms with Crippen LogP contribution in [0.5, 0.6) is 5.75 Å². The van der Waals surface area contributed by atoms with Crippen molar-refractivity contribution in [1.82, 2.24) is 4.98 Å². The first-order valence-electron chi connectivity index (χ1n) is 6.26. The second-order valence-corrected chi connectivity index (χ2v) is 4.32. The van der Waals surface area contributed by atoms with E-state index < -0.39 is 0 Å². The summed E-state index contributed by atoms with van der Waals surface area (Å²) in [5.74, 6) is 0.861. The van der Waals surface area contributed by atoms with Gasteiger partial charge in [-0.3, -0.25) is 5.43 Å². The van der Waals surface area contributed by atoms with Crippen molar-refractivity contribution in [3.8, 4) is 5.75 Å². The van der Waals surface area contributed by atoms with Crippen molar-refractivity contribution < 1.29 is 24.6 Å². The first-order valence-corrected chi connectivity index (χ1v) is 6.26. The summed E-state index contributed by atoms with van der Waals surface area (Å²) in [5, 5.41) is 14.8. The third-order valence-electron chi connectivity index (χ3n) is 2.92. The summed E-state index contributed by atoms with van der Waals surface area (Å²) in [6.45, 7) is 0. The van der Waals surface area contributed by atoms with Crippen LogP contribution in [0.3, 0.4) is 0 Å². The van der Waals surface area contributed by atoms with E-state index in [2.05, 4.69) is 15.5 Å². The second kappa shape index (κ2) is 6.95. The van der Waals surface area contributed by atoms with Crippen LogP contribution in [0.2, 0.25) is 0 Å². The predicted molar refractivity (Wildman–Crippen MR) is 81.1 cm³/mol. The molecule has 0 saturated heterocycles. The van der Waals surface area contributed by atoms with Gasteiger partial charge in [0.2, 0.25) is 0 Å². The van der Waals surface area contributed by atoms with Crippen LogP contribution < -0.4 is 5.43 Å². The average molecular weight is 329 g/mol. The van der Waals surface area contributed by atoms with Gasteiger partial charge in [-0.05, 0) is 30.3 Å². The van der Waals surface area contributed by atoms with Gasteiger partial charge in [0.1, 0.15) is 11.6 Å². The topological polar surface area (TPSA) is 57.5 Å². The number of hydrogen-bond donors (Lipinski definition) is 2. The van der Waals surface area contributed by atoms with E-state index in [1.165, 1.54) is 0 Å². The number of phenolic OH excluding ortho intramolecular Hbond substituents is 1. The van der Waals surface area contributed by atoms with Gasteiger partial charge in [-0.1, -0.05) is 30.3 Å². The summed E-state index contributed by atoms with van der Waals surface area (Å²) in [7, 11) is 0. The summed E-state index contributed by atoms with van der Waals surface area (Å²) in [5.41, 5.74) is 4.43. The minimum absolute atomic E-state index is 0. The number of hydrazone groups is 1. The van der Waals surface area contributed by atoms with Crippen LogP contribution in [0.1, 0.15) is 5.56 Å². The normalized spacial score (nSPS) is 10.5. The molecule has 0 radical (unpaired) electrons. The Hall–Kier alpha value is -2.26. The molecule has 3 rings (SSSR count). The quantitative estimate of drug-likeness (QED) is 0.440. The van der Waals surface area contributed by atoms with Gasteiger partial charge >= 0.3 is 19.5 Å². The van der Waals surface area contributed by atoms with E-state index >= 15 is 0 Å². The third-order valence-corrected chi connectivity index (χ3v) is 2.92. The first kappa shape index (κ1) is 15.1. The van der Waals surface area contributed by atoms with E-state index in [4.69, 9.17) is 0 Å². The number of fused-ring (bicyclic) bond motifs is 1. The van der Waals surface area contributed by atoms with Gasteiger partial charge in [0.25, 0.3) is 0 Å². The number of hydrogen-bond acceptors (Lipinski definition) is 4. The number of phenols is 1. The second-order valence-electron chi connectivity index (χ2n) is 4.32. The standard InChI is InChI=1S/C16H13N3O.Zn/c20-15-8-4-2-6-13(15)11-17-19-16-10-9-12-5-1-3-7-14(12)18-16;/h1-11,20H,(H,18,19);/q;+2/b17-11+;. The monoisotopic (exact) mass is 327 g/mol. The predicted octanol–water partition coefficient (Wildman–Crippen LogP) is 3.38. The van der Waals surface area contributed by atoms with Crippen LogP contribution in [0.25, 0.3) is 10.9 Å². The molecule has 4 nitrogen and oxygen atoms in total. The summed E-state index contributed by atoms with van der Waals surface area (Å²) >= 11 is 0. The molecule has 1 aromatic heterocycles. The Morgan fingerprint density at radius 3 is 2.57 bits per heavy atom. The number of pyridine rings is 1. The Labute approximate surface area is 135 Å². The number of benzene rings is 2. The fraction of sp³-hybridized carbons (Fsp3) is 0. The fourth-order valence-electron chi connectivity index (χ4n) is 1.89. The molecule has 0 aliphatic carbocycles. The number of aromatic hydroxyl groups is 1. The molecule has 1 heterocycles. The van der Waals surface area contributed by atoms with Gasteiger partial charge in [0.05, 0.1) is 11.7 Å². The molecule has 2 N–H and O–H groups in total. The molecule has 98 valence electrons. The molecule has 5 heteroatoms. The van der Waals surface area contributed by atoms with Crippen molar-refractivity contribution in [2.45, 2.75) is 0 Å². The number of nitrogens with zero attached hydrogens (tertiary/aromatic N) is 2. The molecule has 0 atom stereocenters. The van der Waals surface area contributed by atoms with Crippen LogP contribution in [0, 0.1) is 0 Å². The summed E-state index contributed by atoms with van der Waals surface area (Å²) in [4.78, 5) is 4.44. The molecular formula is C16H13N3OZn+2. The summed E-state index contributed by atoms with van der Waals surface area (Å²) < 4.78 is 0. The number of rotatable bonds is 3. The fourth-order valence-corrected chi connectivity index (χ4v) is 1.89. The van der Waals surface area contributed by atoms with Crippen LogP contribution in [-0.2, 0) is 19.5 Å². The minimum atomic E-state index is 0. The minimum Gasteiger partial charge on any atom is -0.507 e. The number of nitrogens with one attached hydrogen (secondary N) is 1. The van der Waals surface area contributed by atoms with Crippen LogP contribution in [0.4, 0.5) is 5.82 Å². The average Bonchev–Trinajstić information content (AvgIpc) is 2.49. The Morgan fingerprint density at radius 1 is 0.952 bits per heavy atom. The molecule has 0 spiro atoms. The van der Waals surface area contributed by atoms with Gasteiger partial charge in [-0.15, -0.1) is 0 Å². The maximum Gasteiger partial charge on any atom is 2.00 e. The summed E-state index contributed by atoms with van der Waals surface area (Å²) in [6.07, 6.45) is 1.56. The molecule has 21 heavy (non-hydrogen) atoms. The Morgan fingerprint density at radius 2 is 1.71 bits per heavy atom. The maximum absolute atomic E-state index is 9.61. The van der Waals surface area contributed by atoms with Crippen molar-refractivity contribution in [2.75, 3.05) is 5.43 Å². The van der Waals surface area contributed by atoms with Gasteiger partial charge in [-0.25, -0.2) is 4.98 Å². The molecule has 0 amide bonds. The van der Waals surface area contributed by atoms with Crippen LogP contribution in [0.15, 0.2) is 65.8 Å². The van der Waals surface area contributed by atoms with Gasteiger partial charge in [-0.2, -0.15) is 5.10 Å². The Bertz CT molecular complexity index is 774. The van der Waals surface area contributed by atoms with Crippen molar-refractivity contribution in [2.24, 2.45) is 5.10 Å². The van der Waals surface area contributed by atoms with Gasteiger partial charge in [0.15, 0.2) is 0 Å². The zero-order valence-corrected chi connectivity index (χ0v) is 14.4. The molecule has 2 aromatic carbocycles. The van der Waals surface area contributed by atoms with Gasteiger partial charge in [0, 0.05) is 10.9 Å². The summed E-state index contributed by atoms with van der Waals surface area (Å²) in [6, 6.07) is 18.8. The third kappa shape index (κ3) is 3.64. The molecule has 0 bridgehead atoms. The van der Waals surface area contributed by atoms with E-state index in [0.29, 0.717) is 11.4 Å². The zero-order chi connectivity index (χ0) is 13.8. The number of para-hydroxylation sites is 2. The van der Waals surface area contributed by atoms with Crippen molar-refractivity contribution in [3.63, 3.8) is 0 Å². The SMILES string of the molecule is Oc1ccccc1/C=N/Nc1ccc2ccccc2n1.[Zn+2]. The molecule has 0 aliphatic heterocycles. The smallest absolute Gasteiger partial charge is 0.507 e.